The van der Waals surface area contributed by atoms with Crippen LogP contribution >= 0.6 is 22.7 Å². The summed E-state index contributed by atoms with van der Waals surface area (Å²) < 4.78 is 51.4. The fourth-order valence-electron chi connectivity index (χ4n) is 9.06. The molecule has 0 spiro atoms. The molecule has 0 saturated carbocycles. The molecule has 29 heteroatoms. The van der Waals surface area contributed by atoms with Gasteiger partial charge in [0.1, 0.15) is 73.4 Å². The molecule has 0 fully saturated rings. The van der Waals surface area contributed by atoms with Crippen LogP contribution in [0.2, 0.25) is 0 Å². The van der Waals surface area contributed by atoms with Crippen molar-refractivity contribution in [3.63, 3.8) is 0 Å². The van der Waals surface area contributed by atoms with E-state index in [4.69, 9.17) is 28.9 Å². The zero-order chi connectivity index (χ0) is 65.2. The molecule has 10 rings (SSSR count). The highest BCUT2D eigenvalue weighted by atomic mass is 32.1. The number of aromatic amines is 1. The zero-order valence-corrected chi connectivity index (χ0v) is 53.6. The van der Waals surface area contributed by atoms with Crippen LogP contribution in [0.4, 0.5) is 34.8 Å². The zero-order valence-electron chi connectivity index (χ0n) is 52.0. The molecule has 0 bridgehead atoms. The predicted molar refractivity (Wildman–Crippen MR) is 339 cm³/mol. The van der Waals surface area contributed by atoms with Crippen molar-refractivity contribution in [3.8, 4) is 0 Å². The lowest BCUT2D eigenvalue weighted by molar-refractivity contribution is 0.0242. The normalized spacial score (nSPS) is 11.8. The first-order valence-corrected chi connectivity index (χ1v) is 30.7. The minimum absolute atomic E-state index is 0.0472. The quantitative estimate of drug-likeness (QED) is 0.0407. The van der Waals surface area contributed by atoms with E-state index < -0.39 is 52.7 Å². The SMILES string of the molecule is CC(C)(C)OC(=O)N(CCc1nc2ccc(CO)cc2[nH]1)CCc1nc2c(NCc3ncccc3F)ncnc2s1.COC(=O)c1ccc2c(c1)nc(CCN(CCc1nc3c(NCc4ncccc4F)ncnc3s1)C(=O)OC(C)(C)C)n2C(=O)OC(C)(C)C. The van der Waals surface area contributed by atoms with Gasteiger partial charge in [0.2, 0.25) is 0 Å². The van der Waals surface area contributed by atoms with Crippen LogP contribution in [-0.4, -0.2) is 149 Å². The molecule has 4 N–H and O–H groups in total. The Balaban J connectivity index is 0.000000219. The van der Waals surface area contributed by atoms with Crippen molar-refractivity contribution in [1.29, 1.82) is 0 Å². The van der Waals surface area contributed by atoms with E-state index in [0.717, 1.165) is 27.4 Å². The van der Waals surface area contributed by atoms with Gasteiger partial charge in [-0.2, -0.15) is 0 Å². The predicted octanol–water partition coefficient (Wildman–Crippen LogP) is 10.8. The molecule has 8 heterocycles. The maximum Gasteiger partial charge on any atom is 0.420 e. The molecule has 91 heavy (non-hydrogen) atoms. The standard InChI is InChI=1S/C34H39FN8O6S.C28H31FN8O3S/c1-33(2,3)48-31(45)42(16-13-26-41-27-28(38-19-39-29(27)50-26)37-18-23-21(35)9-8-14-36-23)15-12-25-40-22-17-20(30(44)47-7)10-11-24(22)43(25)32(46)49-34(4,5)6;1-28(2,3)40-27(39)37(11-8-22-34-19-7-6-17(15-38)13-20(19)35-22)12-9-23-36-24-25(32-16-33-26(24)41-23)31-14-21-18(29)5-4-10-30-21/h8-11,14,17,19H,12-13,15-16,18H2,1-7H3,(H,37,38,39);4-7,10,13,16,38H,8-9,11-12,14-15H2,1-3H3,(H,34,35)(H,31,32,33). The molecule has 478 valence electrons. The van der Waals surface area contributed by atoms with Gasteiger partial charge in [-0.1, -0.05) is 28.7 Å². The molecule has 2 aromatic carbocycles. The molecule has 0 aliphatic rings. The molecule has 0 saturated heterocycles. The number of aliphatic hydroxyl groups is 1. The van der Waals surface area contributed by atoms with Gasteiger partial charge in [-0.05, 0) is 122 Å². The number of imidazole rings is 2. The highest BCUT2D eigenvalue weighted by Crippen LogP contribution is 2.29. The minimum Gasteiger partial charge on any atom is -0.465 e. The third-order valence-corrected chi connectivity index (χ3v) is 15.3. The molecule has 0 radical (unpaired) electrons. The summed E-state index contributed by atoms with van der Waals surface area (Å²) in [4.78, 5) is 104. The number of pyridine rings is 2. The first kappa shape index (κ1) is 66.0. The second-order valence-corrected chi connectivity index (χ2v) is 25.8. The Morgan fingerprint density at radius 3 is 1.65 bits per heavy atom. The van der Waals surface area contributed by atoms with Gasteiger partial charge in [-0.3, -0.25) is 9.97 Å². The number of rotatable bonds is 20. The molecular formula is C62H70F2N16O9S2. The van der Waals surface area contributed by atoms with Crippen LogP contribution in [0, 0.1) is 11.6 Å². The average molecular weight is 1290 g/mol. The average Bonchev–Trinajstić information content (AvgIpc) is 1.66. The molecule has 0 unspecified atom stereocenters. The first-order chi connectivity index (χ1) is 43.3. The van der Waals surface area contributed by atoms with Crippen LogP contribution in [0.3, 0.4) is 0 Å². The smallest absolute Gasteiger partial charge is 0.420 e. The van der Waals surface area contributed by atoms with Gasteiger partial charge in [0.05, 0.1) is 75.8 Å². The Morgan fingerprint density at radius 2 is 1.14 bits per heavy atom. The highest BCUT2D eigenvalue weighted by Gasteiger charge is 2.28. The summed E-state index contributed by atoms with van der Waals surface area (Å²) in [6, 6.07) is 16.0. The van der Waals surface area contributed by atoms with E-state index >= 15 is 0 Å². The summed E-state index contributed by atoms with van der Waals surface area (Å²) in [5.41, 5.74) is 2.97. The minimum atomic E-state index is -0.787. The lowest BCUT2D eigenvalue weighted by Gasteiger charge is -2.27. The van der Waals surface area contributed by atoms with Crippen LogP contribution in [0.15, 0.2) is 85.7 Å². The van der Waals surface area contributed by atoms with E-state index in [2.05, 4.69) is 55.5 Å². The van der Waals surface area contributed by atoms with Crippen molar-refractivity contribution in [2.45, 2.75) is 124 Å². The fourth-order valence-corrected chi connectivity index (χ4v) is 10.8. The van der Waals surface area contributed by atoms with Crippen molar-refractivity contribution >= 4 is 101 Å². The maximum absolute atomic E-state index is 14.1. The van der Waals surface area contributed by atoms with Crippen molar-refractivity contribution in [2.24, 2.45) is 0 Å². The monoisotopic (exact) mass is 1280 g/mol. The number of carbonyl (C=O) groups excluding carboxylic acids is 4. The summed E-state index contributed by atoms with van der Waals surface area (Å²) >= 11 is 2.77. The third-order valence-electron chi connectivity index (χ3n) is 13.2. The van der Waals surface area contributed by atoms with Crippen LogP contribution in [0.5, 0.6) is 0 Å². The second-order valence-electron chi connectivity index (χ2n) is 23.7. The number of aromatic nitrogens is 12. The van der Waals surface area contributed by atoms with Crippen LogP contribution in [-0.2, 0) is 64.3 Å². The Morgan fingerprint density at radius 1 is 0.615 bits per heavy atom. The number of esters is 1. The summed E-state index contributed by atoms with van der Waals surface area (Å²) in [6.07, 6.45) is 5.77. The number of benzene rings is 2. The molecule has 8 aromatic heterocycles. The molecule has 0 aliphatic heterocycles. The van der Waals surface area contributed by atoms with Crippen LogP contribution in [0.1, 0.15) is 111 Å². The molecule has 2 amide bonds. The van der Waals surface area contributed by atoms with Crippen molar-refractivity contribution in [2.75, 3.05) is 43.9 Å². The maximum atomic E-state index is 14.1. The highest BCUT2D eigenvalue weighted by molar-refractivity contribution is 7.18. The molecular weight excluding hydrogens is 1210 g/mol. The fraction of sp³-hybridized carbons (Fsp3) is 0.387. The second kappa shape index (κ2) is 28.6. The van der Waals surface area contributed by atoms with Gasteiger partial charge in [0, 0.05) is 64.3 Å². The molecule has 25 nitrogen and oxygen atoms in total. The van der Waals surface area contributed by atoms with Gasteiger partial charge in [-0.15, -0.1) is 0 Å². The number of thiazole rings is 2. The lowest BCUT2D eigenvalue weighted by Crippen LogP contribution is -2.39. The van der Waals surface area contributed by atoms with Gasteiger partial charge in [-0.25, -0.2) is 72.4 Å². The number of H-pyrrole nitrogens is 1. The van der Waals surface area contributed by atoms with E-state index in [9.17, 15) is 33.1 Å². The number of anilines is 2. The number of ether oxygens (including phenoxy) is 4. The Hall–Kier alpha value is -9.48. The number of nitrogens with one attached hydrogen (secondary N) is 3. The Labute approximate surface area is 530 Å². The summed E-state index contributed by atoms with van der Waals surface area (Å²) in [6.45, 7) is 17.4. The Bertz CT molecular complexity index is 4230. The molecule has 0 aliphatic carbocycles. The van der Waals surface area contributed by atoms with Crippen molar-refractivity contribution in [1.82, 2.24) is 69.2 Å². The number of halogens is 2. The number of carbonyl (C=O) groups is 4. The van der Waals surface area contributed by atoms with E-state index in [1.807, 2.05) is 39.0 Å². The lowest BCUT2D eigenvalue weighted by atomic mass is 10.2. The van der Waals surface area contributed by atoms with Crippen molar-refractivity contribution < 1.29 is 52.0 Å². The van der Waals surface area contributed by atoms with Gasteiger partial charge in [0.15, 0.2) is 11.6 Å². The molecule has 10 aromatic rings. The topological polar surface area (TPSA) is 306 Å². The van der Waals surface area contributed by atoms with Crippen molar-refractivity contribution in [3.05, 3.63) is 142 Å². The van der Waals surface area contributed by atoms with Gasteiger partial charge < -0.3 is 49.5 Å². The number of hydrogen-bond acceptors (Lipinski definition) is 23. The number of fused-ring (bicyclic) bond motifs is 4. The number of hydrogen-bond donors (Lipinski definition) is 4. The van der Waals surface area contributed by atoms with E-state index in [1.165, 1.54) is 82.5 Å². The van der Waals surface area contributed by atoms with Gasteiger partial charge >= 0.3 is 24.2 Å². The number of amides is 2. The Kier molecular flexibility index (Phi) is 20.7. The summed E-state index contributed by atoms with van der Waals surface area (Å²) in [5.74, 6) is 0.619. The number of aliphatic hydroxyl groups excluding tert-OH is 1. The molecule has 0 atom stereocenters. The third kappa shape index (κ3) is 17.7. The number of methoxy groups -OCH3 is 1. The van der Waals surface area contributed by atoms with Crippen LogP contribution < -0.4 is 10.6 Å². The van der Waals surface area contributed by atoms with Gasteiger partial charge in [0.25, 0.3) is 0 Å². The van der Waals surface area contributed by atoms with E-state index in [0.29, 0.717) is 86.5 Å². The first-order valence-electron chi connectivity index (χ1n) is 29.0. The summed E-state index contributed by atoms with van der Waals surface area (Å²) in [5, 5.41) is 17.1. The summed E-state index contributed by atoms with van der Waals surface area (Å²) in [7, 11) is 1.28. The largest absolute Gasteiger partial charge is 0.465 e. The number of nitrogens with zero attached hydrogens (tertiary/aromatic N) is 13. The van der Waals surface area contributed by atoms with E-state index in [1.54, 1.807) is 70.7 Å². The van der Waals surface area contributed by atoms with E-state index in [-0.39, 0.29) is 56.2 Å². The van der Waals surface area contributed by atoms with Crippen LogP contribution in [0.25, 0.3) is 42.8 Å².